The summed E-state index contributed by atoms with van der Waals surface area (Å²) in [5, 5.41) is 7.20. The molecule has 0 aliphatic carbocycles. The van der Waals surface area contributed by atoms with Gasteiger partial charge in [0.15, 0.2) is 0 Å². The molecule has 1 unspecified atom stereocenters. The van der Waals surface area contributed by atoms with Crippen molar-refractivity contribution in [1.29, 1.82) is 0 Å². The Morgan fingerprint density at radius 1 is 1.26 bits per heavy atom. The van der Waals surface area contributed by atoms with Crippen LogP contribution in [0.2, 0.25) is 0 Å². The van der Waals surface area contributed by atoms with Crippen molar-refractivity contribution in [3.05, 3.63) is 47.9 Å². The average Bonchev–Trinajstić information content (AvgIpc) is 2.87. The van der Waals surface area contributed by atoms with Gasteiger partial charge in [0.1, 0.15) is 0 Å². The van der Waals surface area contributed by atoms with Gasteiger partial charge < -0.3 is 5.32 Å². The van der Waals surface area contributed by atoms with Crippen LogP contribution in [0.1, 0.15) is 43.7 Å². The highest BCUT2D eigenvalue weighted by molar-refractivity contribution is 7.17. The van der Waals surface area contributed by atoms with Gasteiger partial charge in [-0.05, 0) is 48.7 Å². The molecule has 1 atom stereocenters. The quantitative estimate of drug-likeness (QED) is 0.508. The first-order valence-corrected chi connectivity index (χ1v) is 7.99. The Balaban J connectivity index is 1.99. The predicted octanol–water partition coefficient (Wildman–Crippen LogP) is 5.30. The Bertz CT molecular complexity index is 515. The summed E-state index contributed by atoms with van der Waals surface area (Å²) < 4.78 is 1.39. The summed E-state index contributed by atoms with van der Waals surface area (Å²) in [6.07, 6.45) is 8.22. The van der Waals surface area contributed by atoms with E-state index >= 15 is 0 Å². The number of nitrogens with one attached hydrogen (secondary N) is 1. The second kappa shape index (κ2) is 7.46. The van der Waals surface area contributed by atoms with Crippen LogP contribution in [-0.2, 0) is 0 Å². The average molecular weight is 273 g/mol. The lowest BCUT2D eigenvalue weighted by molar-refractivity contribution is 0.511. The minimum absolute atomic E-state index is 0.486. The van der Waals surface area contributed by atoms with Crippen LogP contribution < -0.4 is 5.32 Å². The molecule has 1 nitrogen and oxygen atoms in total. The van der Waals surface area contributed by atoms with Gasteiger partial charge >= 0.3 is 0 Å². The zero-order valence-corrected chi connectivity index (χ0v) is 12.5. The lowest BCUT2D eigenvalue weighted by atomic mass is 9.99. The van der Waals surface area contributed by atoms with E-state index < -0.39 is 0 Å². The van der Waals surface area contributed by atoms with E-state index in [-0.39, 0.29) is 0 Å². The van der Waals surface area contributed by atoms with Gasteiger partial charge in [0, 0.05) is 10.7 Å². The summed E-state index contributed by atoms with van der Waals surface area (Å²) in [4.78, 5) is 0. The first-order valence-electron chi connectivity index (χ1n) is 7.11. The van der Waals surface area contributed by atoms with Crippen LogP contribution in [0.4, 0.5) is 0 Å². The van der Waals surface area contributed by atoms with Crippen molar-refractivity contribution in [2.24, 2.45) is 0 Å². The lowest BCUT2D eigenvalue weighted by Crippen LogP contribution is -2.15. The summed E-state index contributed by atoms with van der Waals surface area (Å²) in [5.41, 5.74) is 1.46. The highest BCUT2D eigenvalue weighted by atomic mass is 32.1. The predicted molar refractivity (Wildman–Crippen MR) is 86.9 cm³/mol. The molecule has 0 bridgehead atoms. The third-order valence-corrected chi connectivity index (χ3v) is 4.62. The first kappa shape index (κ1) is 14.3. The third-order valence-electron chi connectivity index (χ3n) is 3.64. The van der Waals surface area contributed by atoms with Crippen LogP contribution in [0.15, 0.2) is 42.3 Å². The van der Waals surface area contributed by atoms with Crippen LogP contribution in [0.5, 0.6) is 0 Å². The van der Waals surface area contributed by atoms with E-state index in [1.165, 1.54) is 41.3 Å². The second-order valence-electron chi connectivity index (χ2n) is 4.96. The van der Waals surface area contributed by atoms with Crippen LogP contribution in [0, 0.1) is 0 Å². The minimum Gasteiger partial charge on any atom is -0.313 e. The molecule has 2 heteroatoms. The minimum atomic E-state index is 0.486. The maximum Gasteiger partial charge on any atom is 0.0346 e. The van der Waals surface area contributed by atoms with Crippen molar-refractivity contribution >= 4 is 21.4 Å². The van der Waals surface area contributed by atoms with E-state index in [0.717, 1.165) is 6.42 Å². The van der Waals surface area contributed by atoms with E-state index in [2.05, 4.69) is 48.6 Å². The normalized spacial score (nSPS) is 12.7. The summed E-state index contributed by atoms with van der Waals surface area (Å²) in [6, 6.07) is 9.19. The molecule has 2 aromatic rings. The Labute approximate surface area is 120 Å². The Hall–Kier alpha value is -1.12. The van der Waals surface area contributed by atoms with Crippen molar-refractivity contribution in [3.63, 3.8) is 0 Å². The van der Waals surface area contributed by atoms with Crippen LogP contribution in [-0.4, -0.2) is 7.05 Å². The van der Waals surface area contributed by atoms with Gasteiger partial charge in [-0.25, -0.2) is 0 Å². The van der Waals surface area contributed by atoms with E-state index in [9.17, 15) is 0 Å². The molecule has 0 fully saturated rings. The van der Waals surface area contributed by atoms with Crippen molar-refractivity contribution in [2.75, 3.05) is 7.05 Å². The fourth-order valence-electron chi connectivity index (χ4n) is 2.54. The summed E-state index contributed by atoms with van der Waals surface area (Å²) in [7, 11) is 2.07. The molecule has 0 spiro atoms. The molecule has 102 valence electrons. The monoisotopic (exact) mass is 273 g/mol. The number of fused-ring (bicyclic) bond motifs is 1. The first-order chi connectivity index (χ1) is 9.36. The van der Waals surface area contributed by atoms with Gasteiger partial charge in [0.05, 0.1) is 0 Å². The van der Waals surface area contributed by atoms with E-state index in [4.69, 9.17) is 0 Å². The molecular weight excluding hydrogens is 250 g/mol. The molecule has 0 radical (unpaired) electrons. The van der Waals surface area contributed by atoms with Gasteiger partial charge in [0.25, 0.3) is 0 Å². The number of hydrogen-bond donors (Lipinski definition) is 1. The number of allylic oxidation sites excluding steroid dienone is 1. The molecule has 0 aliphatic rings. The fraction of sp³-hybridized carbons (Fsp3) is 0.412. The molecule has 0 saturated heterocycles. The SMILES string of the molecule is C=CCCCCCC(NC)c1csc2ccccc12. The summed E-state index contributed by atoms with van der Waals surface area (Å²) in [5.74, 6) is 0. The molecule has 1 aromatic carbocycles. The summed E-state index contributed by atoms with van der Waals surface area (Å²) in [6.45, 7) is 3.77. The molecule has 0 saturated carbocycles. The lowest BCUT2D eigenvalue weighted by Gasteiger charge is -2.15. The molecule has 1 aromatic heterocycles. The number of thiophene rings is 1. The van der Waals surface area contributed by atoms with Crippen LogP contribution in [0.25, 0.3) is 10.1 Å². The standard InChI is InChI=1S/C17H23NS/c1-3-4-5-6-7-11-16(18-2)15-13-19-17-12-9-8-10-14(15)17/h3,8-10,12-13,16,18H,1,4-7,11H2,2H3. The zero-order chi connectivity index (χ0) is 13.5. The van der Waals surface area contributed by atoms with Crippen molar-refractivity contribution in [1.82, 2.24) is 5.32 Å². The van der Waals surface area contributed by atoms with Crippen molar-refractivity contribution in [3.8, 4) is 0 Å². The summed E-state index contributed by atoms with van der Waals surface area (Å²) >= 11 is 1.85. The van der Waals surface area contributed by atoms with Gasteiger partial charge in [-0.15, -0.1) is 17.9 Å². The molecule has 2 rings (SSSR count). The molecule has 0 aliphatic heterocycles. The number of rotatable bonds is 8. The molecule has 1 N–H and O–H groups in total. The smallest absolute Gasteiger partial charge is 0.0346 e. The van der Waals surface area contributed by atoms with Gasteiger partial charge in [-0.3, -0.25) is 0 Å². The fourth-order valence-corrected chi connectivity index (χ4v) is 3.55. The molecular formula is C17H23NS. The van der Waals surface area contributed by atoms with Crippen LogP contribution >= 0.6 is 11.3 Å². The molecule has 1 heterocycles. The Morgan fingerprint density at radius 3 is 2.89 bits per heavy atom. The Morgan fingerprint density at radius 2 is 2.11 bits per heavy atom. The van der Waals surface area contributed by atoms with Crippen LogP contribution in [0.3, 0.4) is 0 Å². The number of unbranched alkanes of at least 4 members (excludes halogenated alkanes) is 3. The topological polar surface area (TPSA) is 12.0 Å². The number of benzene rings is 1. The van der Waals surface area contributed by atoms with Gasteiger partial charge in [-0.1, -0.05) is 37.1 Å². The van der Waals surface area contributed by atoms with Crippen molar-refractivity contribution in [2.45, 2.75) is 38.1 Å². The highest BCUT2D eigenvalue weighted by Gasteiger charge is 2.13. The third kappa shape index (κ3) is 3.68. The van der Waals surface area contributed by atoms with Crippen molar-refractivity contribution < 1.29 is 0 Å². The molecule has 19 heavy (non-hydrogen) atoms. The van der Waals surface area contributed by atoms with E-state index in [1.807, 2.05) is 17.4 Å². The van der Waals surface area contributed by atoms with Gasteiger partial charge in [-0.2, -0.15) is 0 Å². The maximum absolute atomic E-state index is 3.77. The number of hydrogen-bond acceptors (Lipinski definition) is 2. The van der Waals surface area contributed by atoms with E-state index in [1.54, 1.807) is 0 Å². The highest BCUT2D eigenvalue weighted by Crippen LogP contribution is 2.32. The van der Waals surface area contributed by atoms with E-state index in [0.29, 0.717) is 6.04 Å². The largest absolute Gasteiger partial charge is 0.313 e. The Kier molecular flexibility index (Phi) is 5.62. The second-order valence-corrected chi connectivity index (χ2v) is 5.87. The maximum atomic E-state index is 3.77. The zero-order valence-electron chi connectivity index (χ0n) is 11.7. The molecule has 0 amide bonds. The van der Waals surface area contributed by atoms with Gasteiger partial charge in [0.2, 0.25) is 0 Å².